The number of hydrogen-bond donors (Lipinski definition) is 0. The molecule has 31 heavy (non-hydrogen) atoms. The van der Waals surface area contributed by atoms with Crippen LogP contribution < -0.4 is 0 Å². The van der Waals surface area contributed by atoms with Gasteiger partial charge in [0.2, 0.25) is 0 Å². The fraction of sp³-hybridized carbons (Fsp3) is 0.0741. The topological polar surface area (TPSA) is 43.1 Å². The summed E-state index contributed by atoms with van der Waals surface area (Å²) in [5.41, 5.74) is 12.5. The van der Waals surface area contributed by atoms with Gasteiger partial charge in [-0.05, 0) is 63.9 Å². The number of imidazole rings is 1. The summed E-state index contributed by atoms with van der Waals surface area (Å²) in [6.45, 7) is 0. The van der Waals surface area contributed by atoms with Crippen LogP contribution >= 0.6 is 0 Å². The number of benzene rings is 2. The number of aromatic nitrogens is 4. The van der Waals surface area contributed by atoms with E-state index in [1.165, 1.54) is 39.1 Å². The Bertz CT molecular complexity index is 1740. The molecular formula is C27H16N4. The average Bonchev–Trinajstić information content (AvgIpc) is 3.47. The van der Waals surface area contributed by atoms with E-state index >= 15 is 0 Å². The third-order valence-corrected chi connectivity index (χ3v) is 6.93. The van der Waals surface area contributed by atoms with E-state index in [1.54, 1.807) is 0 Å². The molecule has 144 valence electrons. The largest absolute Gasteiger partial charge is 0.275 e. The summed E-state index contributed by atoms with van der Waals surface area (Å²) in [5, 5.41) is 3.36. The van der Waals surface area contributed by atoms with Crippen LogP contribution in [0.4, 0.5) is 0 Å². The van der Waals surface area contributed by atoms with Crippen LogP contribution in [0.2, 0.25) is 0 Å². The molecule has 0 atom stereocenters. The molecule has 0 N–H and O–H groups in total. The molecule has 0 saturated carbocycles. The standard InChI is InChI=1S/C27H16N4/c1-2-5-18-15(4-1)10-16-11-17-12-24-25(22(17)13-21(16)18)31-26-20(6-3-8-29-26)19-7-9-28-14-23(19)27(31)30-24/h1-9,11,13-14H,10,12H2. The molecule has 0 fully saturated rings. The van der Waals surface area contributed by atoms with Crippen LogP contribution in [0.1, 0.15) is 22.4 Å². The Hall–Kier alpha value is -4.05. The molecule has 0 aliphatic heterocycles. The zero-order valence-corrected chi connectivity index (χ0v) is 16.6. The Morgan fingerprint density at radius 2 is 1.61 bits per heavy atom. The van der Waals surface area contributed by atoms with Crippen molar-refractivity contribution in [2.45, 2.75) is 12.8 Å². The first kappa shape index (κ1) is 15.7. The SMILES string of the molecule is c1ccc2c(c1)Cc1cc3c(cc1-2)-c1c(nc2c4cnccc4c4cccnc4n12)C3. The summed E-state index contributed by atoms with van der Waals surface area (Å²) in [5.74, 6) is 0. The van der Waals surface area contributed by atoms with E-state index in [9.17, 15) is 0 Å². The lowest BCUT2D eigenvalue weighted by atomic mass is 9.99. The lowest BCUT2D eigenvalue weighted by Crippen LogP contribution is -1.97. The highest BCUT2D eigenvalue weighted by atomic mass is 15.1. The third kappa shape index (κ3) is 1.88. The number of hydrogen-bond acceptors (Lipinski definition) is 3. The number of nitrogens with zero attached hydrogens (tertiary/aromatic N) is 4. The van der Waals surface area contributed by atoms with Crippen molar-refractivity contribution < 1.29 is 0 Å². The maximum absolute atomic E-state index is 5.12. The number of pyridine rings is 3. The van der Waals surface area contributed by atoms with Gasteiger partial charge in [-0.25, -0.2) is 9.97 Å². The Labute approximate surface area is 177 Å². The van der Waals surface area contributed by atoms with Crippen LogP contribution in [0.5, 0.6) is 0 Å². The summed E-state index contributed by atoms with van der Waals surface area (Å²) in [7, 11) is 0. The first-order valence-electron chi connectivity index (χ1n) is 10.6. The summed E-state index contributed by atoms with van der Waals surface area (Å²) in [6, 6.07) is 19.8. The van der Waals surface area contributed by atoms with Crippen molar-refractivity contribution in [2.24, 2.45) is 0 Å². The van der Waals surface area contributed by atoms with Crippen molar-refractivity contribution in [3.05, 3.63) is 95.6 Å². The molecule has 2 aliphatic carbocycles. The Morgan fingerprint density at radius 3 is 2.61 bits per heavy atom. The predicted molar refractivity (Wildman–Crippen MR) is 122 cm³/mol. The second-order valence-corrected chi connectivity index (χ2v) is 8.54. The van der Waals surface area contributed by atoms with Crippen molar-refractivity contribution in [1.29, 1.82) is 0 Å². The molecule has 4 heteroatoms. The molecule has 4 nitrogen and oxygen atoms in total. The van der Waals surface area contributed by atoms with Gasteiger partial charge in [-0.3, -0.25) is 9.38 Å². The van der Waals surface area contributed by atoms with E-state index in [2.05, 4.69) is 57.9 Å². The zero-order valence-electron chi connectivity index (χ0n) is 16.6. The molecule has 2 aliphatic rings. The van der Waals surface area contributed by atoms with Crippen LogP contribution in [0.3, 0.4) is 0 Å². The molecule has 8 rings (SSSR count). The molecule has 0 saturated heterocycles. The summed E-state index contributed by atoms with van der Waals surface area (Å²) in [4.78, 5) is 14.3. The monoisotopic (exact) mass is 396 g/mol. The van der Waals surface area contributed by atoms with Gasteiger partial charge < -0.3 is 0 Å². The smallest absolute Gasteiger partial charge is 0.148 e. The highest BCUT2D eigenvalue weighted by molar-refractivity contribution is 6.11. The van der Waals surface area contributed by atoms with Crippen LogP contribution in [0.15, 0.2) is 73.2 Å². The minimum absolute atomic E-state index is 0.867. The Morgan fingerprint density at radius 1 is 0.677 bits per heavy atom. The minimum atomic E-state index is 0.867. The number of fused-ring (bicyclic) bond motifs is 13. The van der Waals surface area contributed by atoms with Crippen LogP contribution in [-0.2, 0) is 12.8 Å². The predicted octanol–water partition coefficient (Wildman–Crippen LogP) is 5.57. The highest BCUT2D eigenvalue weighted by Gasteiger charge is 2.30. The molecular weight excluding hydrogens is 380 g/mol. The molecule has 6 aromatic rings. The molecule has 0 unspecified atom stereocenters. The normalized spacial score (nSPS) is 13.5. The average molecular weight is 396 g/mol. The maximum atomic E-state index is 5.12. The molecule has 0 spiro atoms. The van der Waals surface area contributed by atoms with Gasteiger partial charge in [0.05, 0.1) is 11.4 Å². The maximum Gasteiger partial charge on any atom is 0.148 e. The Kier molecular flexibility index (Phi) is 2.72. The van der Waals surface area contributed by atoms with Crippen molar-refractivity contribution in [1.82, 2.24) is 19.4 Å². The molecule has 0 radical (unpaired) electrons. The lowest BCUT2D eigenvalue weighted by molar-refractivity contribution is 1.15. The summed E-state index contributed by atoms with van der Waals surface area (Å²) in [6.07, 6.45) is 7.53. The quantitative estimate of drug-likeness (QED) is 0.315. The van der Waals surface area contributed by atoms with Crippen molar-refractivity contribution >= 4 is 27.5 Å². The van der Waals surface area contributed by atoms with Crippen LogP contribution in [-0.4, -0.2) is 19.4 Å². The van der Waals surface area contributed by atoms with Gasteiger partial charge in [-0.2, -0.15) is 0 Å². The fourth-order valence-corrected chi connectivity index (χ4v) is 5.63. The summed E-state index contributed by atoms with van der Waals surface area (Å²) < 4.78 is 2.26. The van der Waals surface area contributed by atoms with E-state index in [4.69, 9.17) is 9.97 Å². The van der Waals surface area contributed by atoms with Crippen LogP contribution in [0.25, 0.3) is 49.8 Å². The van der Waals surface area contributed by atoms with E-state index < -0.39 is 0 Å². The second-order valence-electron chi connectivity index (χ2n) is 8.54. The van der Waals surface area contributed by atoms with Gasteiger partial charge in [-0.1, -0.05) is 30.3 Å². The van der Waals surface area contributed by atoms with Crippen molar-refractivity contribution in [3.63, 3.8) is 0 Å². The zero-order chi connectivity index (χ0) is 20.1. The fourth-order valence-electron chi connectivity index (χ4n) is 5.63. The molecule has 2 aromatic carbocycles. The molecule has 4 aromatic heterocycles. The van der Waals surface area contributed by atoms with E-state index in [0.29, 0.717) is 0 Å². The van der Waals surface area contributed by atoms with Gasteiger partial charge in [-0.15, -0.1) is 0 Å². The Balaban J connectivity index is 1.52. The minimum Gasteiger partial charge on any atom is -0.275 e. The van der Waals surface area contributed by atoms with Gasteiger partial charge >= 0.3 is 0 Å². The van der Waals surface area contributed by atoms with Gasteiger partial charge in [0.1, 0.15) is 11.3 Å². The van der Waals surface area contributed by atoms with Crippen LogP contribution in [0, 0.1) is 0 Å². The molecule has 0 bridgehead atoms. The van der Waals surface area contributed by atoms with Gasteiger partial charge in [0.25, 0.3) is 0 Å². The lowest BCUT2D eigenvalue weighted by Gasteiger charge is -2.11. The number of rotatable bonds is 0. The van der Waals surface area contributed by atoms with Crippen molar-refractivity contribution in [2.75, 3.05) is 0 Å². The molecule has 4 heterocycles. The van der Waals surface area contributed by atoms with E-state index in [0.717, 1.165) is 46.0 Å². The van der Waals surface area contributed by atoms with Gasteiger partial charge in [0.15, 0.2) is 0 Å². The second kappa shape index (κ2) is 5.35. The van der Waals surface area contributed by atoms with E-state index in [1.807, 2.05) is 24.7 Å². The summed E-state index contributed by atoms with van der Waals surface area (Å²) >= 11 is 0. The first-order valence-corrected chi connectivity index (χ1v) is 10.6. The van der Waals surface area contributed by atoms with Gasteiger partial charge in [0, 0.05) is 41.3 Å². The van der Waals surface area contributed by atoms with Crippen molar-refractivity contribution in [3.8, 4) is 22.4 Å². The van der Waals surface area contributed by atoms with E-state index in [-0.39, 0.29) is 0 Å². The highest BCUT2D eigenvalue weighted by Crippen LogP contribution is 2.46. The molecule has 0 amide bonds. The third-order valence-electron chi connectivity index (χ3n) is 6.93. The first-order chi connectivity index (χ1) is 15.4.